The number of ether oxygens (including phenoxy) is 2. The fourth-order valence-electron chi connectivity index (χ4n) is 3.37. The highest BCUT2D eigenvalue weighted by molar-refractivity contribution is 6.24. The maximum Gasteiger partial charge on any atom is 0.190 e. The molecular formula is C20H25N3O4. The summed E-state index contributed by atoms with van der Waals surface area (Å²) in [6.45, 7) is 2.15. The van der Waals surface area contributed by atoms with Gasteiger partial charge >= 0.3 is 0 Å². The van der Waals surface area contributed by atoms with E-state index < -0.39 is 6.04 Å². The topological polar surface area (TPSA) is 101 Å². The van der Waals surface area contributed by atoms with Crippen LogP contribution >= 0.6 is 0 Å². The molecule has 1 aromatic rings. The molecule has 0 fully saturated rings. The van der Waals surface area contributed by atoms with Gasteiger partial charge in [0, 0.05) is 10.5 Å². The third kappa shape index (κ3) is 4.49. The van der Waals surface area contributed by atoms with E-state index in [-0.39, 0.29) is 34.2 Å². The van der Waals surface area contributed by atoms with Gasteiger partial charge in [0.25, 0.3) is 0 Å². The molecule has 1 aliphatic rings. The van der Waals surface area contributed by atoms with Crippen molar-refractivity contribution in [3.8, 4) is 11.5 Å². The molecule has 0 saturated heterocycles. The van der Waals surface area contributed by atoms with Gasteiger partial charge < -0.3 is 9.47 Å². The fourth-order valence-corrected chi connectivity index (χ4v) is 3.37. The zero-order chi connectivity index (χ0) is 19.8. The van der Waals surface area contributed by atoms with E-state index in [4.69, 9.17) is 15.0 Å². The van der Waals surface area contributed by atoms with E-state index >= 15 is 0 Å². The molecule has 144 valence electrons. The second kappa shape index (κ2) is 9.78. The van der Waals surface area contributed by atoms with Crippen molar-refractivity contribution in [1.29, 1.82) is 0 Å². The average Bonchev–Trinajstić information content (AvgIpc) is 2.68. The summed E-state index contributed by atoms with van der Waals surface area (Å²) in [6, 6.07) is 1.15. The van der Waals surface area contributed by atoms with Crippen molar-refractivity contribution in [2.24, 2.45) is 5.11 Å². The van der Waals surface area contributed by atoms with Crippen LogP contribution in [-0.4, -0.2) is 25.8 Å². The van der Waals surface area contributed by atoms with Gasteiger partial charge in [-0.15, -0.1) is 0 Å². The van der Waals surface area contributed by atoms with Crippen molar-refractivity contribution in [3.63, 3.8) is 0 Å². The molecule has 1 unspecified atom stereocenters. The summed E-state index contributed by atoms with van der Waals surface area (Å²) in [6.07, 6.45) is 8.46. The lowest BCUT2D eigenvalue weighted by atomic mass is 9.88. The van der Waals surface area contributed by atoms with Gasteiger partial charge in [0.2, 0.25) is 0 Å². The first-order valence-electron chi connectivity index (χ1n) is 9.18. The van der Waals surface area contributed by atoms with Crippen LogP contribution in [0.3, 0.4) is 0 Å². The molecular weight excluding hydrogens is 346 g/mol. The Hall–Kier alpha value is -2.79. The smallest absolute Gasteiger partial charge is 0.190 e. The van der Waals surface area contributed by atoms with Crippen LogP contribution < -0.4 is 9.47 Å². The number of hydrogen-bond donors (Lipinski definition) is 0. The van der Waals surface area contributed by atoms with Crippen LogP contribution in [0.25, 0.3) is 10.4 Å². The largest absolute Gasteiger partial charge is 0.496 e. The number of unbranched alkanes of at least 4 members (excludes halogenated alkanes) is 4. The van der Waals surface area contributed by atoms with E-state index in [1.54, 1.807) is 6.07 Å². The SMILES string of the molecule is CCCCCCCC(N=[N+]=[N-])c1cc(OC)c2c(c1OC)C(=O)C=CC2=O. The van der Waals surface area contributed by atoms with Crippen molar-refractivity contribution in [2.45, 2.75) is 51.5 Å². The molecule has 0 radical (unpaired) electrons. The number of methoxy groups -OCH3 is 2. The molecule has 1 atom stereocenters. The molecule has 1 aromatic carbocycles. The van der Waals surface area contributed by atoms with E-state index in [1.807, 2.05) is 0 Å². The van der Waals surface area contributed by atoms with E-state index in [2.05, 4.69) is 16.9 Å². The minimum Gasteiger partial charge on any atom is -0.496 e. The predicted molar refractivity (Wildman–Crippen MR) is 103 cm³/mol. The van der Waals surface area contributed by atoms with Gasteiger partial charge in [-0.05, 0) is 30.2 Å². The Labute approximate surface area is 159 Å². The van der Waals surface area contributed by atoms with Crippen LogP contribution in [0.15, 0.2) is 23.3 Å². The van der Waals surface area contributed by atoms with Gasteiger partial charge in [-0.3, -0.25) is 9.59 Å². The average molecular weight is 371 g/mol. The van der Waals surface area contributed by atoms with Crippen LogP contribution in [0.2, 0.25) is 0 Å². The van der Waals surface area contributed by atoms with E-state index in [9.17, 15) is 9.59 Å². The Kier molecular flexibility index (Phi) is 7.44. The van der Waals surface area contributed by atoms with Crippen molar-refractivity contribution >= 4 is 11.6 Å². The lowest BCUT2D eigenvalue weighted by Crippen LogP contribution is -2.17. The minimum atomic E-state index is -0.500. The van der Waals surface area contributed by atoms with Crippen LogP contribution in [0, 0.1) is 0 Å². The third-order valence-corrected chi connectivity index (χ3v) is 4.71. The van der Waals surface area contributed by atoms with Crippen molar-refractivity contribution in [2.75, 3.05) is 14.2 Å². The summed E-state index contributed by atoms with van der Waals surface area (Å²) in [7, 11) is 2.88. The highest BCUT2D eigenvalue weighted by Gasteiger charge is 2.31. The number of carbonyl (C=O) groups is 2. The second-order valence-corrected chi connectivity index (χ2v) is 6.44. The molecule has 1 aliphatic carbocycles. The van der Waals surface area contributed by atoms with Crippen LogP contribution in [-0.2, 0) is 0 Å². The zero-order valence-corrected chi connectivity index (χ0v) is 16.0. The molecule has 0 bridgehead atoms. The Bertz CT molecular complexity index is 795. The van der Waals surface area contributed by atoms with Crippen molar-refractivity contribution in [3.05, 3.63) is 45.4 Å². The number of nitrogens with zero attached hydrogens (tertiary/aromatic N) is 3. The molecule has 0 aromatic heterocycles. The molecule has 0 aliphatic heterocycles. The quantitative estimate of drug-likeness (QED) is 0.239. The second-order valence-electron chi connectivity index (χ2n) is 6.44. The highest BCUT2D eigenvalue weighted by Crippen LogP contribution is 2.42. The lowest BCUT2D eigenvalue weighted by Gasteiger charge is -2.22. The number of azide groups is 1. The monoisotopic (exact) mass is 371 g/mol. The first-order valence-corrected chi connectivity index (χ1v) is 9.18. The summed E-state index contributed by atoms with van der Waals surface area (Å²) in [4.78, 5) is 27.7. The summed E-state index contributed by atoms with van der Waals surface area (Å²) in [5, 5.41) is 3.92. The number of rotatable bonds is 10. The molecule has 27 heavy (non-hydrogen) atoms. The first kappa shape index (κ1) is 20.5. The fraction of sp³-hybridized carbons (Fsp3) is 0.500. The number of hydrogen-bond acceptors (Lipinski definition) is 5. The molecule has 7 heteroatoms. The van der Waals surface area contributed by atoms with E-state index in [1.165, 1.54) is 32.8 Å². The third-order valence-electron chi connectivity index (χ3n) is 4.71. The molecule has 0 saturated carbocycles. The Morgan fingerprint density at radius 1 is 1.04 bits per heavy atom. The summed E-state index contributed by atoms with van der Waals surface area (Å²) in [5.74, 6) is -0.0810. The summed E-state index contributed by atoms with van der Waals surface area (Å²) >= 11 is 0. The van der Waals surface area contributed by atoms with Crippen molar-refractivity contribution < 1.29 is 19.1 Å². The van der Waals surface area contributed by atoms with Gasteiger partial charge in [0.15, 0.2) is 11.6 Å². The van der Waals surface area contributed by atoms with Gasteiger partial charge in [-0.25, -0.2) is 0 Å². The van der Waals surface area contributed by atoms with Gasteiger partial charge in [-0.1, -0.05) is 44.1 Å². The van der Waals surface area contributed by atoms with E-state index in [0.29, 0.717) is 12.0 Å². The summed E-state index contributed by atoms with van der Waals surface area (Å²) < 4.78 is 10.8. The maximum atomic E-state index is 12.5. The van der Waals surface area contributed by atoms with Gasteiger partial charge in [0.1, 0.15) is 11.5 Å². The van der Waals surface area contributed by atoms with Crippen molar-refractivity contribution in [1.82, 2.24) is 0 Å². The molecule has 0 N–H and O–H groups in total. The first-order chi connectivity index (χ1) is 13.1. The van der Waals surface area contributed by atoms with Gasteiger partial charge in [0.05, 0.1) is 31.4 Å². The molecule has 7 nitrogen and oxygen atoms in total. The van der Waals surface area contributed by atoms with E-state index in [0.717, 1.165) is 25.7 Å². The normalized spacial score (nSPS) is 13.7. The standard InChI is InChI=1S/C20H25N3O4/c1-4-5-6-7-8-9-14(22-23-21)13-12-17(26-2)18-15(24)10-11-16(25)19(18)20(13)27-3/h10-12,14H,4-9H2,1-3H3. The number of allylic oxidation sites excluding steroid dienone is 2. The van der Waals surface area contributed by atoms with Crippen LogP contribution in [0.1, 0.15) is 77.8 Å². The molecule has 0 amide bonds. The minimum absolute atomic E-state index is 0.170. The van der Waals surface area contributed by atoms with Crippen LogP contribution in [0.4, 0.5) is 0 Å². The van der Waals surface area contributed by atoms with Gasteiger partial charge in [-0.2, -0.15) is 0 Å². The number of benzene rings is 1. The Morgan fingerprint density at radius 2 is 1.70 bits per heavy atom. The lowest BCUT2D eigenvalue weighted by molar-refractivity contribution is 0.0988. The maximum absolute atomic E-state index is 12.5. The van der Waals surface area contributed by atoms with Crippen LogP contribution in [0.5, 0.6) is 11.5 Å². The summed E-state index contributed by atoms with van der Waals surface area (Å²) in [5.41, 5.74) is 9.94. The Balaban J connectivity index is 2.48. The number of ketones is 2. The number of carbonyl (C=O) groups excluding carboxylic acids is 2. The molecule has 0 spiro atoms. The molecule has 0 heterocycles. The predicted octanol–water partition coefficient (Wildman–Crippen LogP) is 5.35. The Morgan fingerprint density at radius 3 is 2.30 bits per heavy atom. The molecule has 2 rings (SSSR count). The zero-order valence-electron chi connectivity index (χ0n) is 16.0. The number of fused-ring (bicyclic) bond motifs is 1. The highest BCUT2D eigenvalue weighted by atomic mass is 16.5.